The fourth-order valence-electron chi connectivity index (χ4n) is 2.06. The predicted molar refractivity (Wildman–Crippen MR) is 75.1 cm³/mol. The van der Waals surface area contributed by atoms with E-state index in [1.54, 1.807) is 12.1 Å². The molecule has 0 aliphatic heterocycles. The van der Waals surface area contributed by atoms with E-state index in [1.807, 2.05) is 6.07 Å². The molecule has 1 aromatic carbocycles. The van der Waals surface area contributed by atoms with Crippen LogP contribution in [-0.2, 0) is 6.54 Å². The van der Waals surface area contributed by atoms with Gasteiger partial charge in [0.2, 0.25) is 0 Å². The Morgan fingerprint density at radius 2 is 2.17 bits per heavy atom. The number of nitrogens with zero attached hydrogens (tertiary/aromatic N) is 1. The summed E-state index contributed by atoms with van der Waals surface area (Å²) < 4.78 is 13.0. The van der Waals surface area contributed by atoms with Gasteiger partial charge in [0.05, 0.1) is 0 Å². The molecule has 3 heteroatoms. The van der Waals surface area contributed by atoms with Crippen molar-refractivity contribution in [3.05, 3.63) is 35.6 Å². The van der Waals surface area contributed by atoms with E-state index in [-0.39, 0.29) is 5.82 Å². The molecule has 2 nitrogen and oxygen atoms in total. The third kappa shape index (κ3) is 6.12. The van der Waals surface area contributed by atoms with Crippen LogP contribution in [0.2, 0.25) is 0 Å². The highest BCUT2D eigenvalue weighted by atomic mass is 19.1. The van der Waals surface area contributed by atoms with Crippen LogP contribution in [0.3, 0.4) is 0 Å². The summed E-state index contributed by atoms with van der Waals surface area (Å²) in [5.74, 6) is -0.157. The van der Waals surface area contributed by atoms with Crippen molar-refractivity contribution in [2.45, 2.75) is 39.3 Å². The minimum Gasteiger partial charge on any atom is -0.313 e. The summed E-state index contributed by atoms with van der Waals surface area (Å²) in [5, 5.41) is 3.50. The lowest BCUT2D eigenvalue weighted by Crippen LogP contribution is -2.34. The van der Waals surface area contributed by atoms with Crippen LogP contribution in [-0.4, -0.2) is 31.1 Å². The SMILES string of the molecule is CCCC(C)NCCN(C)Cc1cccc(F)c1. The molecule has 0 heterocycles. The molecule has 0 saturated carbocycles. The van der Waals surface area contributed by atoms with E-state index in [0.29, 0.717) is 6.04 Å². The van der Waals surface area contributed by atoms with Crippen molar-refractivity contribution in [3.63, 3.8) is 0 Å². The van der Waals surface area contributed by atoms with Gasteiger partial charge in [0.15, 0.2) is 0 Å². The monoisotopic (exact) mass is 252 g/mol. The lowest BCUT2D eigenvalue weighted by Gasteiger charge is -2.19. The van der Waals surface area contributed by atoms with Crippen molar-refractivity contribution in [1.29, 1.82) is 0 Å². The summed E-state index contributed by atoms with van der Waals surface area (Å²) in [6, 6.07) is 7.39. The molecule has 0 amide bonds. The van der Waals surface area contributed by atoms with Crippen LogP contribution >= 0.6 is 0 Å². The highest BCUT2D eigenvalue weighted by Crippen LogP contribution is 2.05. The van der Waals surface area contributed by atoms with Crippen molar-refractivity contribution in [2.24, 2.45) is 0 Å². The van der Waals surface area contributed by atoms with Crippen LogP contribution in [0.4, 0.5) is 4.39 Å². The molecule has 0 spiro atoms. The van der Waals surface area contributed by atoms with Gasteiger partial charge in [-0.05, 0) is 38.1 Å². The Morgan fingerprint density at radius 3 is 2.83 bits per heavy atom. The van der Waals surface area contributed by atoms with Crippen LogP contribution in [0.1, 0.15) is 32.3 Å². The number of benzene rings is 1. The molecule has 102 valence electrons. The van der Waals surface area contributed by atoms with Gasteiger partial charge >= 0.3 is 0 Å². The molecule has 18 heavy (non-hydrogen) atoms. The molecule has 0 fully saturated rings. The third-order valence-electron chi connectivity index (χ3n) is 3.05. The lowest BCUT2D eigenvalue weighted by atomic mass is 10.2. The second-order valence-electron chi connectivity index (χ2n) is 5.01. The fourth-order valence-corrected chi connectivity index (χ4v) is 2.06. The van der Waals surface area contributed by atoms with E-state index in [1.165, 1.54) is 18.9 Å². The molecular formula is C15H25FN2. The molecule has 1 unspecified atom stereocenters. The van der Waals surface area contributed by atoms with Crippen molar-refractivity contribution in [1.82, 2.24) is 10.2 Å². The Hall–Kier alpha value is -0.930. The van der Waals surface area contributed by atoms with Crippen LogP contribution in [0.25, 0.3) is 0 Å². The van der Waals surface area contributed by atoms with Gasteiger partial charge in [-0.3, -0.25) is 0 Å². The Morgan fingerprint density at radius 1 is 1.39 bits per heavy atom. The maximum Gasteiger partial charge on any atom is 0.123 e. The number of halogens is 1. The molecular weight excluding hydrogens is 227 g/mol. The summed E-state index contributed by atoms with van der Waals surface area (Å²) in [7, 11) is 2.07. The fraction of sp³-hybridized carbons (Fsp3) is 0.600. The van der Waals surface area contributed by atoms with Crippen molar-refractivity contribution >= 4 is 0 Å². The average Bonchev–Trinajstić information content (AvgIpc) is 2.29. The van der Waals surface area contributed by atoms with Crippen LogP contribution in [0.5, 0.6) is 0 Å². The van der Waals surface area contributed by atoms with E-state index < -0.39 is 0 Å². The smallest absolute Gasteiger partial charge is 0.123 e. The minimum absolute atomic E-state index is 0.157. The average molecular weight is 252 g/mol. The Balaban J connectivity index is 2.23. The quantitative estimate of drug-likeness (QED) is 0.765. The first-order valence-corrected chi connectivity index (χ1v) is 6.78. The second kappa shape index (κ2) is 8.22. The number of likely N-dealkylation sites (N-methyl/N-ethyl adjacent to an activating group) is 1. The van der Waals surface area contributed by atoms with Gasteiger partial charge in [-0.2, -0.15) is 0 Å². The van der Waals surface area contributed by atoms with Crippen LogP contribution < -0.4 is 5.32 Å². The van der Waals surface area contributed by atoms with Gasteiger partial charge < -0.3 is 10.2 Å². The molecule has 1 N–H and O–H groups in total. The zero-order valence-electron chi connectivity index (χ0n) is 11.7. The molecule has 1 aromatic rings. The Labute approximate surface area is 110 Å². The van der Waals surface area contributed by atoms with E-state index in [2.05, 4.69) is 31.1 Å². The number of hydrogen-bond acceptors (Lipinski definition) is 2. The maximum atomic E-state index is 13.0. The largest absolute Gasteiger partial charge is 0.313 e. The zero-order chi connectivity index (χ0) is 13.4. The number of nitrogens with one attached hydrogen (secondary N) is 1. The molecule has 1 atom stereocenters. The van der Waals surface area contributed by atoms with Crippen LogP contribution in [0, 0.1) is 5.82 Å². The van der Waals surface area contributed by atoms with Gasteiger partial charge in [-0.15, -0.1) is 0 Å². The first kappa shape index (κ1) is 15.1. The van der Waals surface area contributed by atoms with Gasteiger partial charge in [-0.25, -0.2) is 4.39 Å². The Bertz CT molecular complexity index is 341. The van der Waals surface area contributed by atoms with E-state index in [4.69, 9.17) is 0 Å². The van der Waals surface area contributed by atoms with Crippen molar-refractivity contribution in [3.8, 4) is 0 Å². The summed E-state index contributed by atoms with van der Waals surface area (Å²) in [6.07, 6.45) is 2.43. The number of rotatable bonds is 8. The van der Waals surface area contributed by atoms with Gasteiger partial charge in [0.25, 0.3) is 0 Å². The third-order valence-corrected chi connectivity index (χ3v) is 3.05. The molecule has 1 rings (SSSR count). The molecule has 0 saturated heterocycles. The van der Waals surface area contributed by atoms with E-state index in [0.717, 1.165) is 25.2 Å². The topological polar surface area (TPSA) is 15.3 Å². The minimum atomic E-state index is -0.157. The summed E-state index contributed by atoms with van der Waals surface area (Å²) in [6.45, 7) is 7.17. The summed E-state index contributed by atoms with van der Waals surface area (Å²) in [4.78, 5) is 2.21. The highest BCUT2D eigenvalue weighted by molar-refractivity contribution is 5.15. The summed E-state index contributed by atoms with van der Waals surface area (Å²) >= 11 is 0. The highest BCUT2D eigenvalue weighted by Gasteiger charge is 2.03. The normalized spacial score (nSPS) is 12.9. The predicted octanol–water partition coefficient (Wildman–Crippen LogP) is 3.04. The molecule has 0 radical (unpaired) electrons. The molecule has 0 aliphatic rings. The number of hydrogen-bond donors (Lipinski definition) is 1. The van der Waals surface area contributed by atoms with E-state index in [9.17, 15) is 4.39 Å². The standard InChI is InChI=1S/C15H25FN2/c1-4-6-13(2)17-9-10-18(3)12-14-7-5-8-15(16)11-14/h5,7-8,11,13,17H,4,6,9-10,12H2,1-3H3. The van der Waals surface area contributed by atoms with Crippen molar-refractivity contribution < 1.29 is 4.39 Å². The molecule has 0 aliphatic carbocycles. The lowest BCUT2D eigenvalue weighted by molar-refractivity contribution is 0.316. The summed E-state index contributed by atoms with van der Waals surface area (Å²) in [5.41, 5.74) is 1.03. The first-order valence-electron chi connectivity index (χ1n) is 6.78. The first-order chi connectivity index (χ1) is 8.61. The second-order valence-corrected chi connectivity index (χ2v) is 5.01. The zero-order valence-corrected chi connectivity index (χ0v) is 11.7. The molecule has 0 bridgehead atoms. The Kier molecular flexibility index (Phi) is 6.91. The van der Waals surface area contributed by atoms with Crippen LogP contribution in [0.15, 0.2) is 24.3 Å². The molecule has 0 aromatic heterocycles. The maximum absolute atomic E-state index is 13.0. The van der Waals surface area contributed by atoms with Gasteiger partial charge in [-0.1, -0.05) is 25.5 Å². The van der Waals surface area contributed by atoms with Gasteiger partial charge in [0.1, 0.15) is 5.82 Å². The van der Waals surface area contributed by atoms with Gasteiger partial charge in [0, 0.05) is 25.7 Å². The van der Waals surface area contributed by atoms with Crippen molar-refractivity contribution in [2.75, 3.05) is 20.1 Å². The van der Waals surface area contributed by atoms with E-state index >= 15 is 0 Å².